The highest BCUT2D eigenvalue weighted by atomic mass is 16.5. The highest BCUT2D eigenvalue weighted by Gasteiger charge is 2.14. The van der Waals surface area contributed by atoms with Crippen molar-refractivity contribution >= 4 is 0 Å². The second-order valence-electron chi connectivity index (χ2n) is 3.23. The van der Waals surface area contributed by atoms with Crippen molar-refractivity contribution in [1.82, 2.24) is 5.32 Å². The largest absolute Gasteiger partial charge is 0.381 e. The van der Waals surface area contributed by atoms with Crippen LogP contribution in [0.15, 0.2) is 0 Å². The maximum absolute atomic E-state index is 4.99. The molecule has 0 heterocycles. The van der Waals surface area contributed by atoms with Crippen molar-refractivity contribution in [2.24, 2.45) is 0 Å². The molecule has 0 aromatic heterocycles. The number of hydrogen-bond acceptors (Lipinski definition) is 2. The van der Waals surface area contributed by atoms with Crippen molar-refractivity contribution in [2.45, 2.75) is 45.3 Å². The van der Waals surface area contributed by atoms with E-state index < -0.39 is 0 Å². The van der Waals surface area contributed by atoms with Crippen LogP contribution in [0.5, 0.6) is 0 Å². The highest BCUT2D eigenvalue weighted by molar-refractivity contribution is 4.67. The summed E-state index contributed by atoms with van der Waals surface area (Å²) >= 11 is 0. The third-order valence-corrected chi connectivity index (χ3v) is 1.96. The fourth-order valence-corrected chi connectivity index (χ4v) is 0.606. The summed E-state index contributed by atoms with van der Waals surface area (Å²) in [5.74, 6) is 0. The molecule has 0 saturated heterocycles. The second kappa shape index (κ2) is 6.62. The van der Waals surface area contributed by atoms with Crippen LogP contribution in [0, 0.1) is 0 Å². The molecule has 1 fully saturated rings. The zero-order valence-corrected chi connectivity index (χ0v) is 8.18. The summed E-state index contributed by atoms with van der Waals surface area (Å²) in [6.07, 6.45) is 4.57. The molecule has 68 valence electrons. The average molecular weight is 159 g/mol. The Hall–Kier alpha value is -0.0800. The van der Waals surface area contributed by atoms with Crippen LogP contribution in [0.3, 0.4) is 0 Å². The number of ether oxygens (including phenoxy) is 1. The molecule has 0 atom stereocenters. The first-order valence-corrected chi connectivity index (χ1v) is 4.40. The smallest absolute Gasteiger partial charge is 0.0571 e. The monoisotopic (exact) mass is 159 g/mol. The van der Waals surface area contributed by atoms with E-state index in [9.17, 15) is 0 Å². The van der Waals surface area contributed by atoms with Gasteiger partial charge in [0.25, 0.3) is 0 Å². The first-order chi connectivity index (χ1) is 5.20. The van der Waals surface area contributed by atoms with E-state index in [1.165, 1.54) is 19.3 Å². The third kappa shape index (κ3) is 6.32. The molecule has 2 nitrogen and oxygen atoms in total. The van der Waals surface area contributed by atoms with Crippen molar-refractivity contribution in [3.63, 3.8) is 0 Å². The van der Waals surface area contributed by atoms with Crippen LogP contribution in [0.4, 0.5) is 0 Å². The number of rotatable bonds is 2. The molecule has 1 N–H and O–H groups in total. The topological polar surface area (TPSA) is 21.3 Å². The van der Waals surface area contributed by atoms with Gasteiger partial charge in [-0.1, -0.05) is 13.8 Å². The van der Waals surface area contributed by atoms with Gasteiger partial charge in [-0.05, 0) is 26.3 Å². The van der Waals surface area contributed by atoms with Gasteiger partial charge in [0.2, 0.25) is 0 Å². The van der Waals surface area contributed by atoms with E-state index >= 15 is 0 Å². The molecular formula is C9H21NO. The average Bonchev–Trinajstić information content (AvgIpc) is 1.87. The minimum Gasteiger partial charge on any atom is -0.381 e. The van der Waals surface area contributed by atoms with Crippen LogP contribution < -0.4 is 5.32 Å². The Bertz CT molecular complexity index is 76.9. The van der Waals surface area contributed by atoms with E-state index in [4.69, 9.17) is 4.74 Å². The Morgan fingerprint density at radius 3 is 1.82 bits per heavy atom. The van der Waals surface area contributed by atoms with E-state index in [0.29, 0.717) is 12.1 Å². The minimum atomic E-state index is 0.616. The van der Waals surface area contributed by atoms with Gasteiger partial charge in [-0.2, -0.15) is 0 Å². The Morgan fingerprint density at radius 2 is 1.82 bits per heavy atom. The zero-order chi connectivity index (χ0) is 8.69. The summed E-state index contributed by atoms with van der Waals surface area (Å²) < 4.78 is 4.99. The highest BCUT2D eigenvalue weighted by Crippen LogP contribution is 2.20. The molecule has 1 rings (SSSR count). The minimum absolute atomic E-state index is 0.616. The Balaban J connectivity index is 0.000000187. The summed E-state index contributed by atoms with van der Waals surface area (Å²) in [6.45, 7) is 4.22. The molecule has 11 heavy (non-hydrogen) atoms. The normalized spacial score (nSPS) is 17.2. The van der Waals surface area contributed by atoms with E-state index in [2.05, 4.69) is 19.2 Å². The number of methoxy groups -OCH3 is 1. The van der Waals surface area contributed by atoms with Gasteiger partial charge in [-0.15, -0.1) is 0 Å². The molecule has 0 unspecified atom stereocenters. The molecule has 1 aliphatic carbocycles. The Kier molecular flexibility index (Phi) is 6.57. The first-order valence-electron chi connectivity index (χ1n) is 4.40. The molecular weight excluding hydrogens is 138 g/mol. The predicted molar refractivity (Wildman–Crippen MR) is 48.8 cm³/mol. The maximum atomic E-state index is 4.99. The lowest BCUT2D eigenvalue weighted by Crippen LogP contribution is -2.18. The zero-order valence-electron chi connectivity index (χ0n) is 8.18. The molecule has 0 amide bonds. The maximum Gasteiger partial charge on any atom is 0.0571 e. The number of nitrogens with one attached hydrogen (secondary N) is 1. The van der Waals surface area contributed by atoms with Gasteiger partial charge in [0.15, 0.2) is 0 Å². The quantitative estimate of drug-likeness (QED) is 0.663. The van der Waals surface area contributed by atoms with Gasteiger partial charge in [0, 0.05) is 13.2 Å². The summed E-state index contributed by atoms with van der Waals surface area (Å²) in [5.41, 5.74) is 0. The van der Waals surface area contributed by atoms with Crippen molar-refractivity contribution in [2.75, 3.05) is 14.2 Å². The molecule has 0 aromatic carbocycles. The van der Waals surface area contributed by atoms with Crippen molar-refractivity contribution < 1.29 is 4.74 Å². The van der Waals surface area contributed by atoms with E-state index in [1.807, 2.05) is 7.05 Å². The SMILES string of the molecule is CNC(C)C.COC1CCC1. The Labute approximate surface area is 70.3 Å². The molecule has 0 bridgehead atoms. The number of hydrogen-bond donors (Lipinski definition) is 1. The van der Waals surface area contributed by atoms with Crippen LogP contribution in [0.2, 0.25) is 0 Å². The van der Waals surface area contributed by atoms with Crippen LogP contribution in [0.25, 0.3) is 0 Å². The van der Waals surface area contributed by atoms with Crippen molar-refractivity contribution in [3.8, 4) is 0 Å². The third-order valence-electron chi connectivity index (χ3n) is 1.96. The van der Waals surface area contributed by atoms with Gasteiger partial charge >= 0.3 is 0 Å². The van der Waals surface area contributed by atoms with Gasteiger partial charge in [0.05, 0.1) is 6.10 Å². The molecule has 0 spiro atoms. The van der Waals surface area contributed by atoms with Gasteiger partial charge in [-0.3, -0.25) is 0 Å². The van der Waals surface area contributed by atoms with Crippen LogP contribution in [-0.4, -0.2) is 26.3 Å². The van der Waals surface area contributed by atoms with Crippen molar-refractivity contribution in [1.29, 1.82) is 0 Å². The molecule has 0 radical (unpaired) electrons. The van der Waals surface area contributed by atoms with Crippen LogP contribution in [0.1, 0.15) is 33.1 Å². The molecule has 0 aliphatic heterocycles. The first kappa shape index (κ1) is 10.9. The lowest BCUT2D eigenvalue weighted by atomic mass is 9.96. The Morgan fingerprint density at radius 1 is 1.36 bits per heavy atom. The summed E-state index contributed by atoms with van der Waals surface area (Å²) in [7, 11) is 3.73. The summed E-state index contributed by atoms with van der Waals surface area (Å²) in [6, 6.07) is 0.634. The lowest BCUT2D eigenvalue weighted by molar-refractivity contribution is 0.0412. The standard InChI is InChI=1S/C5H10O.C4H11N/c1-6-5-3-2-4-5;1-4(2)5-3/h5H,2-4H2,1H3;4-5H,1-3H3. The summed E-state index contributed by atoms with van der Waals surface area (Å²) in [5, 5.41) is 3.03. The van der Waals surface area contributed by atoms with E-state index in [1.54, 1.807) is 7.11 Å². The second-order valence-corrected chi connectivity index (χ2v) is 3.23. The predicted octanol–water partition coefficient (Wildman–Crippen LogP) is 1.80. The fraction of sp³-hybridized carbons (Fsp3) is 1.00. The van der Waals surface area contributed by atoms with Crippen LogP contribution in [-0.2, 0) is 4.74 Å². The fourth-order valence-electron chi connectivity index (χ4n) is 0.606. The van der Waals surface area contributed by atoms with Gasteiger partial charge < -0.3 is 10.1 Å². The van der Waals surface area contributed by atoms with E-state index in [0.717, 1.165) is 0 Å². The molecule has 0 aromatic rings. The van der Waals surface area contributed by atoms with Gasteiger partial charge in [0.1, 0.15) is 0 Å². The molecule has 1 saturated carbocycles. The molecule has 1 aliphatic rings. The summed E-state index contributed by atoms with van der Waals surface area (Å²) in [4.78, 5) is 0. The lowest BCUT2D eigenvalue weighted by Gasteiger charge is -2.22. The van der Waals surface area contributed by atoms with E-state index in [-0.39, 0.29) is 0 Å². The van der Waals surface area contributed by atoms with Crippen LogP contribution >= 0.6 is 0 Å². The van der Waals surface area contributed by atoms with Gasteiger partial charge in [-0.25, -0.2) is 0 Å². The van der Waals surface area contributed by atoms with Crippen molar-refractivity contribution in [3.05, 3.63) is 0 Å². The molecule has 2 heteroatoms.